The van der Waals surface area contributed by atoms with E-state index in [-0.39, 0.29) is 0 Å². The molecule has 0 saturated carbocycles. The van der Waals surface area contributed by atoms with Gasteiger partial charge in [0, 0.05) is 17.1 Å². The lowest BCUT2D eigenvalue weighted by molar-refractivity contribution is 0.101. The number of halogens is 2. The standard InChI is InChI=1S/C19H15F2N3OS/c1-11-4-2-5-12(8-11)24-18(13-9-26-10-16(13)23-24)22-19(25)17-14(20)6-3-7-15(17)21/h2-8H,9-10H2,1H3,(H,22,25). The molecule has 0 bridgehead atoms. The molecule has 0 fully saturated rings. The Labute approximate surface area is 153 Å². The minimum absolute atomic E-state index is 0.461. The zero-order valence-electron chi connectivity index (χ0n) is 13.9. The number of hydrogen-bond donors (Lipinski definition) is 1. The molecule has 2 aromatic carbocycles. The number of nitrogens with zero attached hydrogens (tertiary/aromatic N) is 2. The van der Waals surface area contributed by atoms with Crippen LogP contribution in [-0.2, 0) is 11.5 Å². The highest BCUT2D eigenvalue weighted by atomic mass is 32.2. The summed E-state index contributed by atoms with van der Waals surface area (Å²) in [6.07, 6.45) is 0. The molecule has 0 radical (unpaired) electrons. The summed E-state index contributed by atoms with van der Waals surface area (Å²) >= 11 is 1.68. The van der Waals surface area contributed by atoms with Crippen LogP contribution in [0.4, 0.5) is 14.6 Å². The van der Waals surface area contributed by atoms with E-state index in [1.165, 1.54) is 6.07 Å². The second-order valence-electron chi connectivity index (χ2n) is 6.07. The predicted octanol–water partition coefficient (Wildman–Crippen LogP) is 4.46. The number of anilines is 1. The molecule has 0 unspecified atom stereocenters. The average Bonchev–Trinajstić information content (AvgIpc) is 3.17. The van der Waals surface area contributed by atoms with E-state index in [0.29, 0.717) is 11.6 Å². The summed E-state index contributed by atoms with van der Waals surface area (Å²) in [5, 5.41) is 7.26. The molecule has 1 N–H and O–H groups in total. The van der Waals surface area contributed by atoms with Gasteiger partial charge in [0.1, 0.15) is 23.0 Å². The summed E-state index contributed by atoms with van der Waals surface area (Å²) < 4.78 is 29.5. The molecule has 26 heavy (non-hydrogen) atoms. The van der Waals surface area contributed by atoms with Crippen molar-refractivity contribution < 1.29 is 13.6 Å². The molecule has 0 saturated heterocycles. The van der Waals surface area contributed by atoms with E-state index < -0.39 is 23.1 Å². The number of carbonyl (C=O) groups excluding carboxylic acids is 1. The van der Waals surface area contributed by atoms with Crippen LogP contribution in [0.25, 0.3) is 5.69 Å². The molecule has 7 heteroatoms. The van der Waals surface area contributed by atoms with Crippen LogP contribution >= 0.6 is 11.8 Å². The lowest BCUT2D eigenvalue weighted by atomic mass is 10.1. The van der Waals surface area contributed by atoms with Crippen molar-refractivity contribution in [3.8, 4) is 5.69 Å². The Morgan fingerprint density at radius 2 is 1.88 bits per heavy atom. The summed E-state index contributed by atoms with van der Waals surface area (Å²) in [6.45, 7) is 1.96. The molecule has 1 amide bonds. The number of fused-ring (bicyclic) bond motifs is 1. The lowest BCUT2D eigenvalue weighted by Gasteiger charge is -2.12. The van der Waals surface area contributed by atoms with Gasteiger partial charge in [-0.15, -0.1) is 0 Å². The fourth-order valence-electron chi connectivity index (χ4n) is 2.97. The van der Waals surface area contributed by atoms with Gasteiger partial charge in [0.05, 0.1) is 11.4 Å². The first-order valence-electron chi connectivity index (χ1n) is 8.05. The van der Waals surface area contributed by atoms with Crippen LogP contribution in [0.15, 0.2) is 42.5 Å². The van der Waals surface area contributed by atoms with Crippen molar-refractivity contribution in [3.63, 3.8) is 0 Å². The molecular formula is C19H15F2N3OS. The van der Waals surface area contributed by atoms with E-state index in [4.69, 9.17) is 0 Å². The fourth-order valence-corrected chi connectivity index (χ4v) is 4.01. The average molecular weight is 371 g/mol. The Morgan fingerprint density at radius 3 is 2.62 bits per heavy atom. The first-order valence-corrected chi connectivity index (χ1v) is 9.21. The first kappa shape index (κ1) is 16.8. The number of aryl methyl sites for hydroxylation is 1. The monoisotopic (exact) mass is 371 g/mol. The topological polar surface area (TPSA) is 46.9 Å². The van der Waals surface area contributed by atoms with Gasteiger partial charge < -0.3 is 5.32 Å². The van der Waals surface area contributed by atoms with Crippen LogP contribution < -0.4 is 5.32 Å². The molecule has 4 nitrogen and oxygen atoms in total. The van der Waals surface area contributed by atoms with E-state index >= 15 is 0 Å². The lowest BCUT2D eigenvalue weighted by Crippen LogP contribution is -2.19. The number of benzene rings is 2. The van der Waals surface area contributed by atoms with Gasteiger partial charge in [-0.1, -0.05) is 18.2 Å². The molecule has 1 aliphatic rings. The van der Waals surface area contributed by atoms with Gasteiger partial charge in [-0.05, 0) is 36.8 Å². The minimum Gasteiger partial charge on any atom is -0.306 e. The highest BCUT2D eigenvalue weighted by Crippen LogP contribution is 2.36. The van der Waals surface area contributed by atoms with E-state index in [9.17, 15) is 13.6 Å². The summed E-state index contributed by atoms with van der Waals surface area (Å²) in [6, 6.07) is 11.0. The fraction of sp³-hybridized carbons (Fsp3) is 0.158. The highest BCUT2D eigenvalue weighted by molar-refractivity contribution is 7.98. The second-order valence-corrected chi connectivity index (χ2v) is 7.05. The Kier molecular flexibility index (Phi) is 4.24. The molecule has 2 heterocycles. The van der Waals surface area contributed by atoms with Crippen molar-refractivity contribution in [3.05, 3.63) is 76.5 Å². The number of nitrogens with one attached hydrogen (secondary N) is 1. The van der Waals surface area contributed by atoms with E-state index in [2.05, 4.69) is 10.4 Å². The van der Waals surface area contributed by atoms with Gasteiger partial charge in [-0.25, -0.2) is 13.5 Å². The summed E-state index contributed by atoms with van der Waals surface area (Å²) in [5.41, 5.74) is 3.00. The Bertz CT molecular complexity index is 996. The van der Waals surface area contributed by atoms with E-state index in [1.54, 1.807) is 16.4 Å². The Hall–Kier alpha value is -2.67. The van der Waals surface area contributed by atoms with Crippen LogP contribution in [0.3, 0.4) is 0 Å². The molecule has 1 aliphatic heterocycles. The van der Waals surface area contributed by atoms with Crippen molar-refractivity contribution in [2.45, 2.75) is 18.4 Å². The number of thioether (sulfide) groups is 1. The van der Waals surface area contributed by atoms with Crippen molar-refractivity contribution in [2.24, 2.45) is 0 Å². The van der Waals surface area contributed by atoms with E-state index in [0.717, 1.165) is 40.4 Å². The number of amides is 1. The molecule has 0 atom stereocenters. The number of aromatic nitrogens is 2. The SMILES string of the molecule is Cc1cccc(-n2nc3c(c2NC(=O)c2c(F)cccc2F)CSC3)c1. The molecule has 0 aliphatic carbocycles. The van der Waals surface area contributed by atoms with Crippen molar-refractivity contribution in [2.75, 3.05) is 5.32 Å². The van der Waals surface area contributed by atoms with Gasteiger partial charge in [0.15, 0.2) is 0 Å². The zero-order valence-corrected chi connectivity index (χ0v) is 14.7. The number of rotatable bonds is 3. The summed E-state index contributed by atoms with van der Waals surface area (Å²) in [5.74, 6) is -0.718. The maximum absolute atomic E-state index is 14.0. The smallest absolute Gasteiger partial charge is 0.262 e. The Balaban J connectivity index is 1.78. The summed E-state index contributed by atoms with van der Waals surface area (Å²) in [7, 11) is 0. The maximum atomic E-state index is 14.0. The highest BCUT2D eigenvalue weighted by Gasteiger charge is 2.26. The minimum atomic E-state index is -0.893. The van der Waals surface area contributed by atoms with Crippen LogP contribution in [-0.4, -0.2) is 15.7 Å². The number of carbonyl (C=O) groups is 1. The second kappa shape index (κ2) is 6.57. The predicted molar refractivity (Wildman–Crippen MR) is 97.6 cm³/mol. The van der Waals surface area contributed by atoms with Crippen LogP contribution in [0.2, 0.25) is 0 Å². The summed E-state index contributed by atoms with van der Waals surface area (Å²) in [4.78, 5) is 12.6. The quantitative estimate of drug-likeness (QED) is 0.740. The number of hydrogen-bond acceptors (Lipinski definition) is 3. The molecule has 4 rings (SSSR count). The van der Waals surface area contributed by atoms with Crippen molar-refractivity contribution in [1.82, 2.24) is 9.78 Å². The van der Waals surface area contributed by atoms with Gasteiger partial charge in [-0.3, -0.25) is 4.79 Å². The largest absolute Gasteiger partial charge is 0.306 e. The van der Waals surface area contributed by atoms with Crippen molar-refractivity contribution >= 4 is 23.5 Å². The zero-order chi connectivity index (χ0) is 18.3. The molecule has 3 aromatic rings. The normalized spacial score (nSPS) is 12.9. The van der Waals surface area contributed by atoms with Gasteiger partial charge >= 0.3 is 0 Å². The molecule has 1 aromatic heterocycles. The van der Waals surface area contributed by atoms with Crippen LogP contribution in [0.1, 0.15) is 27.2 Å². The van der Waals surface area contributed by atoms with Crippen LogP contribution in [0.5, 0.6) is 0 Å². The third-order valence-corrected chi connectivity index (χ3v) is 5.19. The first-order chi connectivity index (χ1) is 12.5. The van der Waals surface area contributed by atoms with E-state index in [1.807, 2.05) is 31.2 Å². The maximum Gasteiger partial charge on any atom is 0.262 e. The molecule has 0 spiro atoms. The van der Waals surface area contributed by atoms with Gasteiger partial charge in [0.2, 0.25) is 0 Å². The Morgan fingerprint density at radius 1 is 1.15 bits per heavy atom. The van der Waals surface area contributed by atoms with Crippen molar-refractivity contribution in [1.29, 1.82) is 0 Å². The third-order valence-electron chi connectivity index (χ3n) is 4.22. The molecule has 132 valence electrons. The van der Waals surface area contributed by atoms with Crippen LogP contribution in [0, 0.1) is 18.6 Å². The molecular weight excluding hydrogens is 356 g/mol. The van der Waals surface area contributed by atoms with Gasteiger partial charge in [-0.2, -0.15) is 16.9 Å². The third kappa shape index (κ3) is 2.88. The van der Waals surface area contributed by atoms with Gasteiger partial charge in [0.25, 0.3) is 5.91 Å².